The van der Waals surface area contributed by atoms with E-state index in [2.05, 4.69) is 25.0 Å². The van der Waals surface area contributed by atoms with Gasteiger partial charge >= 0.3 is 0 Å². The number of hydrogen-bond donors (Lipinski definition) is 1. The zero-order chi connectivity index (χ0) is 19.7. The lowest BCUT2D eigenvalue weighted by Gasteiger charge is -2.48. The van der Waals surface area contributed by atoms with Gasteiger partial charge in [-0.2, -0.15) is 0 Å². The lowest BCUT2D eigenvalue weighted by Crippen LogP contribution is -2.59. The summed E-state index contributed by atoms with van der Waals surface area (Å²) in [6, 6.07) is 0.568. The van der Waals surface area contributed by atoms with Crippen molar-refractivity contribution in [2.45, 2.75) is 80.4 Å². The molecule has 0 aromatic carbocycles. The van der Waals surface area contributed by atoms with Crippen molar-refractivity contribution in [1.82, 2.24) is 25.0 Å². The highest BCUT2D eigenvalue weighted by atomic mass is 32.2. The molecule has 0 atom stereocenters. The largest absolute Gasteiger partial charge is 0.379 e. The van der Waals surface area contributed by atoms with E-state index in [0.717, 1.165) is 43.8 Å². The van der Waals surface area contributed by atoms with Crippen molar-refractivity contribution >= 4 is 17.7 Å². The molecule has 3 aliphatic carbocycles. The molecule has 7 nitrogen and oxygen atoms in total. The first kappa shape index (κ1) is 19.8. The summed E-state index contributed by atoms with van der Waals surface area (Å²) in [5, 5.41) is 13.1. The van der Waals surface area contributed by atoms with E-state index in [0.29, 0.717) is 17.7 Å². The normalized spacial score (nSPS) is 25.1. The van der Waals surface area contributed by atoms with Gasteiger partial charge in [-0.25, -0.2) is 0 Å². The van der Waals surface area contributed by atoms with Crippen molar-refractivity contribution in [3.63, 3.8) is 0 Å². The van der Waals surface area contributed by atoms with Crippen LogP contribution in [0, 0.1) is 0 Å². The average molecular weight is 420 g/mol. The number of nitrogens with one attached hydrogen (secondary N) is 1. The zero-order valence-corrected chi connectivity index (χ0v) is 18.1. The number of morpholine rings is 1. The summed E-state index contributed by atoms with van der Waals surface area (Å²) in [6.07, 6.45) is 11.1. The number of thioether (sulfide) groups is 1. The highest BCUT2D eigenvalue weighted by Gasteiger charge is 2.39. The molecule has 0 spiro atoms. The van der Waals surface area contributed by atoms with Crippen LogP contribution in [0.5, 0.6) is 0 Å². The maximum atomic E-state index is 12.7. The number of hydrogen-bond acceptors (Lipinski definition) is 6. The van der Waals surface area contributed by atoms with Gasteiger partial charge in [0.05, 0.1) is 19.0 Å². The topological polar surface area (TPSA) is 72.3 Å². The minimum atomic E-state index is 0.117. The first-order chi connectivity index (χ1) is 14.3. The summed E-state index contributed by atoms with van der Waals surface area (Å²) in [7, 11) is 0. The maximum absolute atomic E-state index is 12.7. The first-order valence-electron chi connectivity index (χ1n) is 11.4. The molecule has 1 aliphatic heterocycles. The van der Waals surface area contributed by atoms with Crippen molar-refractivity contribution in [2.24, 2.45) is 0 Å². The van der Waals surface area contributed by atoms with E-state index in [1.54, 1.807) is 11.8 Å². The van der Waals surface area contributed by atoms with Gasteiger partial charge in [0.15, 0.2) is 5.16 Å². The fourth-order valence-corrected chi connectivity index (χ4v) is 5.82. The molecular formula is C21H33N5O2S. The van der Waals surface area contributed by atoms with Gasteiger partial charge in [-0.05, 0) is 38.5 Å². The Morgan fingerprint density at radius 3 is 2.55 bits per heavy atom. The average Bonchev–Trinajstić information content (AvgIpc) is 3.71. The Morgan fingerprint density at radius 1 is 1.10 bits per heavy atom. The van der Waals surface area contributed by atoms with Gasteiger partial charge in [0.2, 0.25) is 5.91 Å². The minimum absolute atomic E-state index is 0.117. The molecule has 1 aromatic rings. The highest BCUT2D eigenvalue weighted by Crippen LogP contribution is 2.46. The summed E-state index contributed by atoms with van der Waals surface area (Å²) in [5.41, 5.74) is 0.121. The van der Waals surface area contributed by atoms with Gasteiger partial charge in [0.1, 0.15) is 5.82 Å². The smallest absolute Gasteiger partial charge is 0.230 e. The summed E-state index contributed by atoms with van der Waals surface area (Å²) in [6.45, 7) is 4.35. The summed E-state index contributed by atoms with van der Waals surface area (Å²) >= 11 is 1.55. The van der Waals surface area contributed by atoms with E-state index in [-0.39, 0.29) is 11.4 Å². The molecule has 1 amide bonds. The zero-order valence-electron chi connectivity index (χ0n) is 17.3. The highest BCUT2D eigenvalue weighted by molar-refractivity contribution is 7.99. The van der Waals surface area contributed by atoms with Crippen LogP contribution in [0.1, 0.15) is 75.6 Å². The fraction of sp³-hybridized carbons (Fsp3) is 0.857. The third-order valence-electron chi connectivity index (χ3n) is 6.96. The van der Waals surface area contributed by atoms with E-state index in [4.69, 9.17) is 4.74 Å². The van der Waals surface area contributed by atoms with E-state index < -0.39 is 0 Å². The Kier molecular flexibility index (Phi) is 5.85. The maximum Gasteiger partial charge on any atom is 0.230 e. The predicted molar refractivity (Wildman–Crippen MR) is 112 cm³/mol. The molecule has 1 saturated heterocycles. The Bertz CT molecular complexity index is 719. The number of ether oxygens (including phenoxy) is 1. The molecule has 2 heterocycles. The van der Waals surface area contributed by atoms with Gasteiger partial charge in [-0.3, -0.25) is 9.69 Å². The summed E-state index contributed by atoms with van der Waals surface area (Å²) < 4.78 is 7.89. The molecule has 1 aromatic heterocycles. The van der Waals surface area contributed by atoms with Gasteiger partial charge < -0.3 is 14.6 Å². The van der Waals surface area contributed by atoms with E-state index >= 15 is 0 Å². The van der Waals surface area contributed by atoms with E-state index in [9.17, 15) is 4.79 Å². The van der Waals surface area contributed by atoms with Crippen molar-refractivity contribution in [1.29, 1.82) is 0 Å². The molecule has 4 fully saturated rings. The SMILES string of the molecule is O=C(CSc1nnc(C2CC2)n1C1CC1)NCC1(N2CCOCC2)CCCCC1. The molecule has 0 radical (unpaired) electrons. The number of rotatable bonds is 8. The number of aromatic nitrogens is 3. The number of carbonyl (C=O) groups excluding carboxylic acids is 1. The number of amides is 1. The van der Waals surface area contributed by atoms with Crippen molar-refractivity contribution in [3.05, 3.63) is 5.82 Å². The molecule has 5 rings (SSSR count). The lowest BCUT2D eigenvalue weighted by molar-refractivity contribution is -0.119. The molecule has 3 saturated carbocycles. The fourth-order valence-electron chi connectivity index (χ4n) is 4.98. The Labute approximate surface area is 177 Å². The standard InChI is InChI=1S/C21H33N5O2S/c27-18(14-29-20-24-23-19(16-4-5-16)26(20)17-6-7-17)22-15-21(8-2-1-3-9-21)25-10-12-28-13-11-25/h16-17H,1-15H2,(H,22,27). The summed E-state index contributed by atoms with van der Waals surface area (Å²) in [5.74, 6) is 2.30. The molecule has 0 unspecified atom stereocenters. The van der Waals surface area contributed by atoms with Crippen LogP contribution in [0.2, 0.25) is 0 Å². The van der Waals surface area contributed by atoms with Crippen LogP contribution in [0.4, 0.5) is 0 Å². The number of nitrogens with zero attached hydrogens (tertiary/aromatic N) is 4. The van der Waals surface area contributed by atoms with E-state index in [1.165, 1.54) is 57.8 Å². The second-order valence-electron chi connectivity index (χ2n) is 9.17. The molecule has 8 heteroatoms. The van der Waals surface area contributed by atoms with Crippen LogP contribution in [0.15, 0.2) is 5.16 Å². The molecule has 4 aliphatic rings. The van der Waals surface area contributed by atoms with Crippen LogP contribution in [-0.2, 0) is 9.53 Å². The summed E-state index contributed by atoms with van der Waals surface area (Å²) in [4.78, 5) is 15.3. The van der Waals surface area contributed by atoms with Crippen molar-refractivity contribution in [2.75, 3.05) is 38.6 Å². The molecule has 160 valence electrons. The van der Waals surface area contributed by atoms with Crippen molar-refractivity contribution < 1.29 is 9.53 Å². The minimum Gasteiger partial charge on any atom is -0.379 e. The van der Waals surface area contributed by atoms with Crippen molar-refractivity contribution in [3.8, 4) is 0 Å². The van der Waals surface area contributed by atoms with Gasteiger partial charge in [0, 0.05) is 37.1 Å². The first-order valence-corrected chi connectivity index (χ1v) is 12.4. The molecule has 1 N–H and O–H groups in total. The van der Waals surface area contributed by atoms with Gasteiger partial charge in [0.25, 0.3) is 0 Å². The van der Waals surface area contributed by atoms with Gasteiger partial charge in [-0.15, -0.1) is 10.2 Å². The number of carbonyl (C=O) groups is 1. The molecule has 0 bridgehead atoms. The third kappa shape index (κ3) is 4.49. The van der Waals surface area contributed by atoms with Crippen LogP contribution in [0.3, 0.4) is 0 Å². The predicted octanol–water partition coefficient (Wildman–Crippen LogP) is 2.73. The lowest BCUT2D eigenvalue weighted by atomic mass is 9.79. The second kappa shape index (κ2) is 8.55. The Balaban J connectivity index is 1.17. The monoisotopic (exact) mass is 419 g/mol. The Hall–Kier alpha value is -1.12. The van der Waals surface area contributed by atoms with Crippen LogP contribution < -0.4 is 5.32 Å². The molecular weight excluding hydrogens is 386 g/mol. The van der Waals surface area contributed by atoms with Crippen LogP contribution >= 0.6 is 11.8 Å². The van der Waals surface area contributed by atoms with Gasteiger partial charge in [-0.1, -0.05) is 31.0 Å². The Morgan fingerprint density at radius 2 is 1.86 bits per heavy atom. The van der Waals surface area contributed by atoms with Crippen LogP contribution in [0.25, 0.3) is 0 Å². The second-order valence-corrected chi connectivity index (χ2v) is 10.1. The third-order valence-corrected chi connectivity index (χ3v) is 7.90. The quantitative estimate of drug-likeness (QED) is 0.653. The van der Waals surface area contributed by atoms with E-state index in [1.807, 2.05) is 0 Å². The molecule has 29 heavy (non-hydrogen) atoms. The van der Waals surface area contributed by atoms with Crippen LogP contribution in [-0.4, -0.2) is 69.7 Å².